The van der Waals surface area contributed by atoms with Gasteiger partial charge in [-0.1, -0.05) is 23.7 Å². The van der Waals surface area contributed by atoms with Crippen molar-refractivity contribution >= 4 is 23.6 Å². The Hall–Kier alpha value is -3.12. The number of ether oxygens (including phenoxy) is 2. The van der Waals surface area contributed by atoms with Crippen molar-refractivity contribution in [3.05, 3.63) is 82.4 Å². The molecule has 5 nitrogen and oxygen atoms in total. The van der Waals surface area contributed by atoms with E-state index >= 15 is 0 Å². The summed E-state index contributed by atoms with van der Waals surface area (Å²) in [6, 6.07) is 13.0. The minimum atomic E-state index is -0.499. The number of rotatable bonds is 6. The Labute approximate surface area is 167 Å². The Morgan fingerprint density at radius 3 is 2.50 bits per heavy atom. The highest BCUT2D eigenvalue weighted by Gasteiger charge is 2.13. The molecule has 0 aliphatic rings. The van der Waals surface area contributed by atoms with Crippen molar-refractivity contribution in [2.45, 2.75) is 13.5 Å². The second kappa shape index (κ2) is 8.71. The van der Waals surface area contributed by atoms with Crippen LogP contribution in [0.2, 0.25) is 5.15 Å². The van der Waals surface area contributed by atoms with Crippen molar-refractivity contribution < 1.29 is 18.7 Å². The minimum absolute atomic E-state index is 0.148. The molecule has 0 spiro atoms. The zero-order chi connectivity index (χ0) is 20.1. The van der Waals surface area contributed by atoms with E-state index < -0.39 is 5.97 Å². The van der Waals surface area contributed by atoms with E-state index in [0.29, 0.717) is 22.1 Å². The van der Waals surface area contributed by atoms with Gasteiger partial charge in [0.15, 0.2) is 0 Å². The smallest absolute Gasteiger partial charge is 0.331 e. The quantitative estimate of drug-likeness (QED) is 0.443. The lowest BCUT2D eigenvalue weighted by atomic mass is 10.2. The third-order valence-electron chi connectivity index (χ3n) is 4.05. The summed E-state index contributed by atoms with van der Waals surface area (Å²) in [5.41, 5.74) is 2.69. The highest BCUT2D eigenvalue weighted by molar-refractivity contribution is 6.31. The van der Waals surface area contributed by atoms with E-state index in [9.17, 15) is 9.18 Å². The van der Waals surface area contributed by atoms with Crippen LogP contribution in [0.3, 0.4) is 0 Å². The summed E-state index contributed by atoms with van der Waals surface area (Å²) in [6.07, 6.45) is 2.86. The third-order valence-corrected chi connectivity index (χ3v) is 4.41. The van der Waals surface area contributed by atoms with E-state index in [0.717, 1.165) is 11.3 Å². The number of aryl methyl sites for hydroxylation is 1. The van der Waals surface area contributed by atoms with Crippen LogP contribution in [0.5, 0.6) is 5.75 Å². The third kappa shape index (κ3) is 4.58. The molecule has 0 saturated heterocycles. The molecule has 2 aromatic carbocycles. The van der Waals surface area contributed by atoms with Crippen molar-refractivity contribution in [3.8, 4) is 11.4 Å². The largest absolute Gasteiger partial charge is 0.497 e. The van der Waals surface area contributed by atoms with Gasteiger partial charge in [0.25, 0.3) is 0 Å². The zero-order valence-electron chi connectivity index (χ0n) is 15.4. The van der Waals surface area contributed by atoms with Crippen LogP contribution in [0.4, 0.5) is 4.39 Å². The van der Waals surface area contributed by atoms with Gasteiger partial charge >= 0.3 is 5.97 Å². The van der Waals surface area contributed by atoms with Crippen molar-refractivity contribution in [1.82, 2.24) is 9.78 Å². The zero-order valence-corrected chi connectivity index (χ0v) is 16.1. The number of esters is 1. The number of halogens is 2. The number of benzene rings is 2. The molecule has 0 saturated carbocycles. The summed E-state index contributed by atoms with van der Waals surface area (Å²) >= 11 is 6.38. The van der Waals surface area contributed by atoms with Crippen molar-refractivity contribution in [1.29, 1.82) is 0 Å². The summed E-state index contributed by atoms with van der Waals surface area (Å²) in [4.78, 5) is 12.0. The van der Waals surface area contributed by atoms with Gasteiger partial charge in [-0.2, -0.15) is 5.10 Å². The van der Waals surface area contributed by atoms with E-state index in [1.807, 2.05) is 12.1 Å². The maximum Gasteiger partial charge on any atom is 0.331 e. The van der Waals surface area contributed by atoms with Gasteiger partial charge in [-0.15, -0.1) is 0 Å². The predicted octanol–water partition coefficient (Wildman–Crippen LogP) is 4.74. The van der Waals surface area contributed by atoms with Crippen LogP contribution in [0.15, 0.2) is 54.6 Å². The number of carbonyl (C=O) groups excluding carboxylic acids is 1. The second-order valence-electron chi connectivity index (χ2n) is 5.97. The number of methoxy groups -OCH3 is 1. The fraction of sp³-hybridized carbons (Fsp3) is 0.143. The molecule has 0 N–H and O–H groups in total. The van der Waals surface area contributed by atoms with E-state index in [2.05, 4.69) is 5.10 Å². The lowest BCUT2D eigenvalue weighted by molar-refractivity contribution is -0.138. The summed E-state index contributed by atoms with van der Waals surface area (Å²) in [6.45, 7) is 1.92. The first-order valence-corrected chi connectivity index (χ1v) is 8.84. The van der Waals surface area contributed by atoms with E-state index in [1.54, 1.807) is 44.4 Å². The molecule has 0 aliphatic heterocycles. The molecule has 3 rings (SSSR count). The fourth-order valence-corrected chi connectivity index (χ4v) is 2.86. The average Bonchev–Trinajstić information content (AvgIpc) is 2.99. The van der Waals surface area contributed by atoms with Crippen LogP contribution in [0.25, 0.3) is 11.8 Å². The molecule has 1 aromatic heterocycles. The molecule has 0 fully saturated rings. The normalized spacial score (nSPS) is 11.0. The lowest BCUT2D eigenvalue weighted by Gasteiger charge is -2.04. The second-order valence-corrected chi connectivity index (χ2v) is 6.33. The molecule has 0 radical (unpaired) electrons. The molecule has 0 bridgehead atoms. The van der Waals surface area contributed by atoms with Crippen LogP contribution in [-0.2, 0) is 16.1 Å². The summed E-state index contributed by atoms with van der Waals surface area (Å²) < 4.78 is 24.9. The first-order valence-electron chi connectivity index (χ1n) is 8.47. The monoisotopic (exact) mass is 400 g/mol. The van der Waals surface area contributed by atoms with Gasteiger partial charge in [0, 0.05) is 11.6 Å². The van der Waals surface area contributed by atoms with Gasteiger partial charge in [-0.05, 0) is 55.0 Å². The Bertz CT molecular complexity index is 996. The summed E-state index contributed by atoms with van der Waals surface area (Å²) in [5.74, 6) is -0.109. The fourth-order valence-electron chi connectivity index (χ4n) is 2.53. The number of carbonyl (C=O) groups is 1. The molecule has 28 heavy (non-hydrogen) atoms. The highest BCUT2D eigenvalue weighted by Crippen LogP contribution is 2.25. The van der Waals surface area contributed by atoms with Crippen molar-refractivity contribution in [2.75, 3.05) is 7.11 Å². The highest BCUT2D eigenvalue weighted by atomic mass is 35.5. The molecule has 0 unspecified atom stereocenters. The summed E-state index contributed by atoms with van der Waals surface area (Å²) in [7, 11) is 1.59. The SMILES string of the molecule is COc1ccc(COC(=O)/C=C/c2c(C)nn(-c3ccc(F)cc3)c2Cl)cc1. The first kappa shape index (κ1) is 19.6. The molecule has 1 heterocycles. The maximum atomic E-state index is 13.1. The molecule has 0 atom stereocenters. The molecule has 144 valence electrons. The minimum Gasteiger partial charge on any atom is -0.497 e. The van der Waals surface area contributed by atoms with E-state index in [1.165, 1.54) is 22.9 Å². The maximum absolute atomic E-state index is 13.1. The van der Waals surface area contributed by atoms with Crippen molar-refractivity contribution in [2.24, 2.45) is 0 Å². The molecular weight excluding hydrogens is 383 g/mol. The molecule has 0 amide bonds. The van der Waals surface area contributed by atoms with Gasteiger partial charge in [0.1, 0.15) is 23.3 Å². The van der Waals surface area contributed by atoms with Gasteiger partial charge in [0.05, 0.1) is 18.5 Å². The average molecular weight is 401 g/mol. The molecule has 7 heteroatoms. The van der Waals surface area contributed by atoms with Crippen molar-refractivity contribution in [3.63, 3.8) is 0 Å². The van der Waals surface area contributed by atoms with E-state index in [4.69, 9.17) is 21.1 Å². The van der Waals surface area contributed by atoms with Crippen LogP contribution < -0.4 is 4.74 Å². The van der Waals surface area contributed by atoms with Gasteiger partial charge in [-0.25, -0.2) is 13.9 Å². The topological polar surface area (TPSA) is 53.4 Å². The Morgan fingerprint density at radius 1 is 1.18 bits per heavy atom. The van der Waals surface area contributed by atoms with Gasteiger partial charge < -0.3 is 9.47 Å². The molecule has 3 aromatic rings. The molecule has 0 aliphatic carbocycles. The summed E-state index contributed by atoms with van der Waals surface area (Å²) in [5, 5.41) is 4.67. The van der Waals surface area contributed by atoms with Crippen LogP contribution in [0, 0.1) is 12.7 Å². The number of aromatic nitrogens is 2. The molecular formula is C21H18ClFN2O3. The van der Waals surface area contributed by atoms with E-state index in [-0.39, 0.29) is 12.4 Å². The lowest BCUT2D eigenvalue weighted by Crippen LogP contribution is -2.00. The van der Waals surface area contributed by atoms with Crippen LogP contribution in [-0.4, -0.2) is 22.9 Å². The first-order chi connectivity index (χ1) is 13.5. The van der Waals surface area contributed by atoms with Crippen LogP contribution >= 0.6 is 11.6 Å². The number of nitrogens with zero attached hydrogens (tertiary/aromatic N) is 2. The Balaban J connectivity index is 1.67. The Kier molecular flexibility index (Phi) is 6.11. The van der Waals surface area contributed by atoms with Crippen LogP contribution in [0.1, 0.15) is 16.8 Å². The number of hydrogen-bond donors (Lipinski definition) is 0. The predicted molar refractivity (Wildman–Crippen MR) is 105 cm³/mol. The standard InChI is InChI=1S/C21H18ClFN2O3/c1-14-19(21(22)25(24-14)17-7-5-16(23)6-8-17)11-12-20(26)28-13-15-3-9-18(27-2)10-4-15/h3-12H,13H2,1-2H3/b12-11+. The van der Waals surface area contributed by atoms with Gasteiger partial charge in [0.2, 0.25) is 0 Å². The number of hydrogen-bond acceptors (Lipinski definition) is 4. The van der Waals surface area contributed by atoms with Gasteiger partial charge in [-0.3, -0.25) is 0 Å². The Morgan fingerprint density at radius 2 is 1.86 bits per heavy atom.